The summed E-state index contributed by atoms with van der Waals surface area (Å²) in [5.74, 6) is 0.964. The van der Waals surface area contributed by atoms with E-state index in [1.54, 1.807) is 18.4 Å². The van der Waals surface area contributed by atoms with Crippen molar-refractivity contribution in [2.45, 2.75) is 19.4 Å². The summed E-state index contributed by atoms with van der Waals surface area (Å²) < 4.78 is 18.1. The summed E-state index contributed by atoms with van der Waals surface area (Å²) in [6.07, 6.45) is 2.38. The first-order valence-corrected chi connectivity index (χ1v) is 5.15. The molecule has 0 aliphatic heterocycles. The molecule has 0 fully saturated rings. The van der Waals surface area contributed by atoms with Gasteiger partial charge in [0.15, 0.2) is 0 Å². The van der Waals surface area contributed by atoms with Crippen LogP contribution in [0.5, 0.6) is 0 Å². The average Bonchev–Trinajstić information content (AvgIpc) is 2.70. The number of aromatic nitrogens is 1. The molecular formula is C12H13FN2O. The van der Waals surface area contributed by atoms with Gasteiger partial charge in [0.2, 0.25) is 5.95 Å². The molecule has 2 heterocycles. The minimum absolute atomic E-state index is 0.139. The molecule has 1 atom stereocenters. The molecule has 1 unspecified atom stereocenters. The second-order valence-corrected chi connectivity index (χ2v) is 3.67. The first-order valence-electron chi connectivity index (χ1n) is 5.15. The summed E-state index contributed by atoms with van der Waals surface area (Å²) in [6.45, 7) is 2.00. The predicted molar refractivity (Wildman–Crippen MR) is 59.7 cm³/mol. The zero-order valence-corrected chi connectivity index (χ0v) is 8.98. The summed E-state index contributed by atoms with van der Waals surface area (Å²) in [5.41, 5.74) is 0. The van der Waals surface area contributed by atoms with Gasteiger partial charge in [-0.2, -0.15) is 4.39 Å². The molecule has 0 aliphatic carbocycles. The zero-order valence-electron chi connectivity index (χ0n) is 8.98. The van der Waals surface area contributed by atoms with Crippen molar-refractivity contribution in [3.63, 3.8) is 0 Å². The number of hydrogen-bond acceptors (Lipinski definition) is 3. The summed E-state index contributed by atoms with van der Waals surface area (Å²) in [5, 5.41) is 3.11. The van der Waals surface area contributed by atoms with Crippen LogP contribution in [0.2, 0.25) is 0 Å². The Bertz CT molecular complexity index is 442. The quantitative estimate of drug-likeness (QED) is 0.805. The molecule has 0 saturated heterocycles. The lowest BCUT2D eigenvalue weighted by Crippen LogP contribution is -2.18. The second kappa shape index (κ2) is 4.79. The summed E-state index contributed by atoms with van der Waals surface area (Å²) in [6, 6.07) is 8.59. The van der Waals surface area contributed by atoms with Crippen molar-refractivity contribution in [3.05, 3.63) is 48.3 Å². The number of hydrogen-bond donors (Lipinski definition) is 1. The van der Waals surface area contributed by atoms with E-state index in [4.69, 9.17) is 4.42 Å². The molecule has 2 aromatic heterocycles. The van der Waals surface area contributed by atoms with Gasteiger partial charge in [0.1, 0.15) is 11.6 Å². The molecule has 84 valence electrons. The van der Waals surface area contributed by atoms with Gasteiger partial charge in [0.05, 0.1) is 6.26 Å². The van der Waals surface area contributed by atoms with E-state index in [1.165, 1.54) is 6.07 Å². The Morgan fingerprint density at radius 2 is 2.25 bits per heavy atom. The number of nitrogens with one attached hydrogen (secondary N) is 1. The van der Waals surface area contributed by atoms with E-state index in [9.17, 15) is 4.39 Å². The summed E-state index contributed by atoms with van der Waals surface area (Å²) in [7, 11) is 0. The van der Waals surface area contributed by atoms with Crippen molar-refractivity contribution in [3.8, 4) is 0 Å². The minimum atomic E-state index is -0.477. The number of rotatable bonds is 4. The maximum absolute atomic E-state index is 12.8. The maximum atomic E-state index is 12.8. The molecule has 0 bridgehead atoms. The van der Waals surface area contributed by atoms with Gasteiger partial charge in [-0.3, -0.25) is 0 Å². The molecule has 3 nitrogen and oxygen atoms in total. The number of nitrogens with zero attached hydrogens (tertiary/aromatic N) is 1. The van der Waals surface area contributed by atoms with E-state index in [0.29, 0.717) is 5.82 Å². The molecular weight excluding hydrogens is 207 g/mol. The standard InChI is InChI=1S/C12H13FN2O/c1-9(8-10-4-3-7-16-10)14-12-6-2-5-11(13)15-12/h2-7,9H,8H2,1H3,(H,14,15). The van der Waals surface area contributed by atoms with E-state index in [2.05, 4.69) is 10.3 Å². The molecule has 0 spiro atoms. The molecule has 0 aliphatic rings. The monoisotopic (exact) mass is 220 g/mol. The topological polar surface area (TPSA) is 38.1 Å². The highest BCUT2D eigenvalue weighted by atomic mass is 19.1. The Kier molecular flexibility index (Phi) is 3.19. The molecule has 2 aromatic rings. The van der Waals surface area contributed by atoms with Crippen molar-refractivity contribution in [2.75, 3.05) is 5.32 Å². The van der Waals surface area contributed by atoms with Crippen LogP contribution in [-0.2, 0) is 6.42 Å². The smallest absolute Gasteiger partial charge is 0.214 e. The van der Waals surface area contributed by atoms with E-state index < -0.39 is 5.95 Å². The van der Waals surface area contributed by atoms with Gasteiger partial charge < -0.3 is 9.73 Å². The van der Waals surface area contributed by atoms with Crippen molar-refractivity contribution in [1.82, 2.24) is 4.98 Å². The van der Waals surface area contributed by atoms with Crippen LogP contribution < -0.4 is 5.32 Å². The fourth-order valence-corrected chi connectivity index (χ4v) is 1.52. The van der Waals surface area contributed by atoms with Crippen LogP contribution in [0.1, 0.15) is 12.7 Å². The third-order valence-electron chi connectivity index (χ3n) is 2.20. The Balaban J connectivity index is 1.94. The maximum Gasteiger partial charge on any atom is 0.214 e. The molecule has 2 rings (SSSR count). The highest BCUT2D eigenvalue weighted by Gasteiger charge is 2.06. The van der Waals surface area contributed by atoms with E-state index in [-0.39, 0.29) is 6.04 Å². The third kappa shape index (κ3) is 2.82. The third-order valence-corrected chi connectivity index (χ3v) is 2.20. The van der Waals surface area contributed by atoms with E-state index >= 15 is 0 Å². The highest BCUT2D eigenvalue weighted by molar-refractivity contribution is 5.34. The number of furan rings is 1. The first-order chi connectivity index (χ1) is 7.74. The highest BCUT2D eigenvalue weighted by Crippen LogP contribution is 2.09. The fourth-order valence-electron chi connectivity index (χ4n) is 1.52. The SMILES string of the molecule is CC(Cc1ccco1)Nc1cccc(F)n1. The molecule has 0 aromatic carbocycles. The van der Waals surface area contributed by atoms with E-state index in [0.717, 1.165) is 12.2 Å². The number of anilines is 1. The summed E-state index contributed by atoms with van der Waals surface area (Å²) in [4.78, 5) is 3.73. The van der Waals surface area contributed by atoms with Gasteiger partial charge >= 0.3 is 0 Å². The Labute approximate surface area is 93.3 Å². The average molecular weight is 220 g/mol. The normalized spacial score (nSPS) is 12.4. The van der Waals surface area contributed by atoms with Crippen LogP contribution in [0.4, 0.5) is 10.2 Å². The second-order valence-electron chi connectivity index (χ2n) is 3.67. The van der Waals surface area contributed by atoms with Crippen molar-refractivity contribution < 1.29 is 8.81 Å². The molecule has 4 heteroatoms. The fraction of sp³-hybridized carbons (Fsp3) is 0.250. The number of halogens is 1. The molecule has 0 saturated carbocycles. The van der Waals surface area contributed by atoms with Gasteiger partial charge in [0, 0.05) is 12.5 Å². The molecule has 0 radical (unpaired) electrons. The van der Waals surface area contributed by atoms with Crippen LogP contribution in [0.15, 0.2) is 41.0 Å². The molecule has 1 N–H and O–H groups in total. The minimum Gasteiger partial charge on any atom is -0.469 e. The lowest BCUT2D eigenvalue weighted by atomic mass is 10.2. The largest absolute Gasteiger partial charge is 0.469 e. The Hall–Kier alpha value is -1.84. The van der Waals surface area contributed by atoms with Crippen molar-refractivity contribution >= 4 is 5.82 Å². The lowest BCUT2D eigenvalue weighted by molar-refractivity contribution is 0.497. The van der Waals surface area contributed by atoms with Gasteiger partial charge in [0.25, 0.3) is 0 Å². The van der Waals surface area contributed by atoms with Gasteiger partial charge in [-0.15, -0.1) is 0 Å². The van der Waals surface area contributed by atoms with Crippen LogP contribution >= 0.6 is 0 Å². The van der Waals surface area contributed by atoms with Crippen LogP contribution in [0.3, 0.4) is 0 Å². The van der Waals surface area contributed by atoms with Crippen LogP contribution in [0, 0.1) is 5.95 Å². The predicted octanol–water partition coefficient (Wildman–Crippen LogP) is 2.86. The summed E-state index contributed by atoms with van der Waals surface area (Å²) >= 11 is 0. The molecule has 0 amide bonds. The van der Waals surface area contributed by atoms with Gasteiger partial charge in [-0.25, -0.2) is 4.98 Å². The zero-order chi connectivity index (χ0) is 11.4. The van der Waals surface area contributed by atoms with Crippen LogP contribution in [-0.4, -0.2) is 11.0 Å². The van der Waals surface area contributed by atoms with Crippen molar-refractivity contribution in [2.24, 2.45) is 0 Å². The van der Waals surface area contributed by atoms with Gasteiger partial charge in [-0.1, -0.05) is 6.07 Å². The number of pyridine rings is 1. The van der Waals surface area contributed by atoms with E-state index in [1.807, 2.05) is 19.1 Å². The molecule has 16 heavy (non-hydrogen) atoms. The van der Waals surface area contributed by atoms with Crippen molar-refractivity contribution in [1.29, 1.82) is 0 Å². The Morgan fingerprint density at radius 3 is 2.94 bits per heavy atom. The van der Waals surface area contributed by atoms with Gasteiger partial charge in [-0.05, 0) is 31.2 Å². The lowest BCUT2D eigenvalue weighted by Gasteiger charge is -2.12. The Morgan fingerprint density at radius 1 is 1.38 bits per heavy atom. The first kappa shape index (κ1) is 10.7. The van der Waals surface area contributed by atoms with Crippen LogP contribution in [0.25, 0.3) is 0 Å².